The number of benzene rings is 2. The fraction of sp³-hybridized carbons (Fsp3) is 0. The zero-order valence-corrected chi connectivity index (χ0v) is 12.4. The first-order valence-corrected chi connectivity index (χ1v) is 6.62. The van der Waals surface area contributed by atoms with Gasteiger partial charge in [-0.3, -0.25) is 0 Å². The average molecular weight is 342 g/mol. The van der Waals surface area contributed by atoms with Gasteiger partial charge in [0.05, 0.1) is 20.1 Å². The summed E-state index contributed by atoms with van der Waals surface area (Å²) >= 11 is 29.6. The van der Waals surface area contributed by atoms with Crippen molar-refractivity contribution in [3.05, 3.63) is 49.4 Å². The molecule has 0 saturated heterocycles. The lowest BCUT2D eigenvalue weighted by Crippen LogP contribution is -1.84. The number of phenolic OH excluding ortho intramolecular Hbond substituents is 1. The van der Waals surface area contributed by atoms with Crippen molar-refractivity contribution in [3.8, 4) is 16.9 Å². The summed E-state index contributed by atoms with van der Waals surface area (Å²) in [5.41, 5.74) is 1.28. The van der Waals surface area contributed by atoms with Gasteiger partial charge in [-0.2, -0.15) is 0 Å². The SMILES string of the molecule is Oc1c(Cl)cc(-c2ccc(Cl)c(Cl)c2)c(Cl)c1Cl. The summed E-state index contributed by atoms with van der Waals surface area (Å²) in [5, 5.41) is 10.7. The van der Waals surface area contributed by atoms with Gasteiger partial charge in [0.2, 0.25) is 0 Å². The smallest absolute Gasteiger partial charge is 0.154 e. The normalized spacial score (nSPS) is 10.7. The maximum absolute atomic E-state index is 9.56. The van der Waals surface area contributed by atoms with Crippen molar-refractivity contribution in [1.29, 1.82) is 0 Å². The van der Waals surface area contributed by atoms with Crippen molar-refractivity contribution < 1.29 is 5.11 Å². The Hall–Kier alpha value is -0.310. The Bertz CT molecular complexity index is 624. The summed E-state index contributed by atoms with van der Waals surface area (Å²) < 4.78 is 0. The third-order valence-electron chi connectivity index (χ3n) is 2.36. The molecule has 1 nitrogen and oxygen atoms in total. The minimum absolute atomic E-state index is 0.00485. The molecule has 94 valence electrons. The standard InChI is InChI=1S/C12H5Cl5O/c13-7-2-1-5(3-8(7)14)6-4-9(15)12(18)11(17)10(6)16/h1-4,18H. The molecule has 1 N–H and O–H groups in total. The molecule has 0 amide bonds. The van der Waals surface area contributed by atoms with Crippen LogP contribution in [-0.2, 0) is 0 Å². The predicted octanol–water partition coefficient (Wildman–Crippen LogP) is 6.33. The molecule has 2 aromatic carbocycles. The van der Waals surface area contributed by atoms with Crippen LogP contribution in [0, 0.1) is 0 Å². The maximum Gasteiger partial charge on any atom is 0.154 e. The molecular weight excluding hydrogens is 337 g/mol. The molecule has 0 saturated carbocycles. The van der Waals surface area contributed by atoms with E-state index < -0.39 is 0 Å². The molecule has 0 aliphatic rings. The highest BCUT2D eigenvalue weighted by Gasteiger charge is 2.15. The molecule has 0 fully saturated rings. The summed E-state index contributed by atoms with van der Waals surface area (Å²) in [7, 11) is 0. The second kappa shape index (κ2) is 5.36. The van der Waals surface area contributed by atoms with Gasteiger partial charge in [-0.05, 0) is 23.8 Å². The zero-order valence-electron chi connectivity index (χ0n) is 8.65. The first kappa shape index (κ1) is 14.1. The Morgan fingerprint density at radius 1 is 0.722 bits per heavy atom. The highest BCUT2D eigenvalue weighted by atomic mass is 35.5. The van der Waals surface area contributed by atoms with Crippen LogP contribution in [0.1, 0.15) is 0 Å². The molecule has 0 radical (unpaired) electrons. The van der Waals surface area contributed by atoms with Crippen LogP contribution in [0.15, 0.2) is 24.3 Å². The largest absolute Gasteiger partial charge is 0.505 e. The van der Waals surface area contributed by atoms with E-state index in [2.05, 4.69) is 0 Å². The van der Waals surface area contributed by atoms with Gasteiger partial charge < -0.3 is 5.11 Å². The minimum Gasteiger partial charge on any atom is -0.505 e. The Kier molecular flexibility index (Phi) is 4.20. The third-order valence-corrected chi connectivity index (χ3v) is 4.25. The van der Waals surface area contributed by atoms with E-state index in [1.54, 1.807) is 18.2 Å². The van der Waals surface area contributed by atoms with Gasteiger partial charge in [0.1, 0.15) is 5.02 Å². The quantitative estimate of drug-likeness (QED) is 0.601. The molecule has 18 heavy (non-hydrogen) atoms. The lowest BCUT2D eigenvalue weighted by atomic mass is 10.1. The predicted molar refractivity (Wildman–Crippen MR) is 78.6 cm³/mol. The van der Waals surface area contributed by atoms with Crippen molar-refractivity contribution in [3.63, 3.8) is 0 Å². The molecule has 2 aromatic rings. The third kappa shape index (κ3) is 2.52. The van der Waals surface area contributed by atoms with E-state index in [-0.39, 0.29) is 20.8 Å². The van der Waals surface area contributed by atoms with Gasteiger partial charge in [-0.1, -0.05) is 64.1 Å². The lowest BCUT2D eigenvalue weighted by molar-refractivity contribution is 0.476. The van der Waals surface area contributed by atoms with Crippen LogP contribution in [-0.4, -0.2) is 5.11 Å². The van der Waals surface area contributed by atoms with Crippen LogP contribution in [0.5, 0.6) is 5.75 Å². The molecule has 0 atom stereocenters. The Morgan fingerprint density at radius 3 is 2.00 bits per heavy atom. The lowest BCUT2D eigenvalue weighted by Gasteiger charge is -2.10. The number of halogens is 5. The first-order chi connectivity index (χ1) is 8.41. The second-order valence-corrected chi connectivity index (χ2v) is 5.49. The number of hydrogen-bond donors (Lipinski definition) is 1. The fourth-order valence-corrected chi connectivity index (χ4v) is 2.47. The van der Waals surface area contributed by atoms with E-state index in [9.17, 15) is 5.11 Å². The van der Waals surface area contributed by atoms with Crippen LogP contribution < -0.4 is 0 Å². The van der Waals surface area contributed by atoms with E-state index in [1.165, 1.54) is 6.07 Å². The Morgan fingerprint density at radius 2 is 1.39 bits per heavy atom. The summed E-state index contributed by atoms with van der Waals surface area (Å²) in [6.07, 6.45) is 0. The monoisotopic (exact) mass is 340 g/mol. The van der Waals surface area contributed by atoms with E-state index in [4.69, 9.17) is 58.0 Å². The van der Waals surface area contributed by atoms with Gasteiger partial charge in [-0.15, -0.1) is 0 Å². The minimum atomic E-state index is -0.243. The summed E-state index contributed by atoms with van der Waals surface area (Å²) in [5.74, 6) is -0.243. The molecule has 0 unspecified atom stereocenters. The number of hydrogen-bond acceptors (Lipinski definition) is 1. The van der Waals surface area contributed by atoms with E-state index in [0.29, 0.717) is 21.2 Å². The Labute approximate surface area is 129 Å². The highest BCUT2D eigenvalue weighted by molar-refractivity contribution is 6.46. The van der Waals surface area contributed by atoms with E-state index in [1.807, 2.05) is 0 Å². The van der Waals surface area contributed by atoms with Crippen LogP contribution >= 0.6 is 58.0 Å². The number of phenols is 1. The van der Waals surface area contributed by atoms with Gasteiger partial charge in [0, 0.05) is 5.56 Å². The fourth-order valence-electron chi connectivity index (χ4n) is 1.46. The molecule has 6 heteroatoms. The molecule has 0 heterocycles. The summed E-state index contributed by atoms with van der Waals surface area (Å²) in [4.78, 5) is 0. The van der Waals surface area contributed by atoms with Gasteiger partial charge in [-0.25, -0.2) is 0 Å². The van der Waals surface area contributed by atoms with Crippen LogP contribution in [0.2, 0.25) is 25.1 Å². The van der Waals surface area contributed by atoms with Crippen molar-refractivity contribution in [2.45, 2.75) is 0 Å². The second-order valence-electron chi connectivity index (χ2n) is 3.51. The van der Waals surface area contributed by atoms with Crippen molar-refractivity contribution >= 4 is 58.0 Å². The van der Waals surface area contributed by atoms with Gasteiger partial charge in [0.25, 0.3) is 0 Å². The molecule has 0 aromatic heterocycles. The number of aromatic hydroxyl groups is 1. The maximum atomic E-state index is 9.56. The molecule has 0 aliphatic carbocycles. The van der Waals surface area contributed by atoms with Gasteiger partial charge in [0.15, 0.2) is 5.75 Å². The Balaban J connectivity index is 2.67. The van der Waals surface area contributed by atoms with Crippen LogP contribution in [0.4, 0.5) is 0 Å². The van der Waals surface area contributed by atoms with Crippen molar-refractivity contribution in [1.82, 2.24) is 0 Å². The van der Waals surface area contributed by atoms with E-state index >= 15 is 0 Å². The van der Waals surface area contributed by atoms with Crippen molar-refractivity contribution in [2.24, 2.45) is 0 Å². The van der Waals surface area contributed by atoms with Crippen LogP contribution in [0.3, 0.4) is 0 Å². The molecule has 0 bridgehead atoms. The summed E-state index contributed by atoms with van der Waals surface area (Å²) in [6.45, 7) is 0. The van der Waals surface area contributed by atoms with Crippen LogP contribution in [0.25, 0.3) is 11.1 Å². The topological polar surface area (TPSA) is 20.2 Å². The van der Waals surface area contributed by atoms with E-state index in [0.717, 1.165) is 0 Å². The van der Waals surface area contributed by atoms with Gasteiger partial charge >= 0.3 is 0 Å². The first-order valence-electron chi connectivity index (χ1n) is 4.73. The molecule has 0 aliphatic heterocycles. The highest BCUT2D eigenvalue weighted by Crippen LogP contribution is 2.44. The summed E-state index contributed by atoms with van der Waals surface area (Å²) in [6, 6.07) is 6.54. The molecule has 2 rings (SSSR count). The molecular formula is C12H5Cl5O. The van der Waals surface area contributed by atoms with Crippen molar-refractivity contribution in [2.75, 3.05) is 0 Å². The molecule has 0 spiro atoms. The zero-order chi connectivity index (χ0) is 13.4. The average Bonchev–Trinajstić information content (AvgIpc) is 2.35. The number of rotatable bonds is 1.